The number of urea groups is 1. The summed E-state index contributed by atoms with van der Waals surface area (Å²) in [6, 6.07) is 1.57. The first-order chi connectivity index (χ1) is 9.51. The average Bonchev–Trinajstić information content (AvgIpc) is 2.90. The molecule has 1 saturated heterocycles. The zero-order valence-corrected chi connectivity index (χ0v) is 11.3. The summed E-state index contributed by atoms with van der Waals surface area (Å²) in [4.78, 5) is 25.0. The van der Waals surface area contributed by atoms with Crippen LogP contribution < -0.4 is 16.4 Å². The Labute approximate surface area is 116 Å². The summed E-state index contributed by atoms with van der Waals surface area (Å²) in [6.07, 6.45) is 0. The molecule has 0 radical (unpaired) electrons. The first-order valence-electron chi connectivity index (χ1n) is 6.66. The number of hydrogen-bond acceptors (Lipinski definition) is 4. The highest BCUT2D eigenvalue weighted by molar-refractivity contribution is 5.90. The Morgan fingerprint density at radius 1 is 1.55 bits per heavy atom. The second-order valence-corrected chi connectivity index (χ2v) is 5.43. The number of fused-ring (bicyclic) bond motifs is 1. The third-order valence-electron chi connectivity index (χ3n) is 3.89. The standard InChI is InChI=1S/C12H18N6O2/c1-2-17-4-8-3-9(10(13)19)16-18(8)7-12(6-17)5-14-11(20)15-12/h3H,2,4-7H2,1H3,(H2,13,19)(H2,14,15,20). The molecule has 8 heteroatoms. The lowest BCUT2D eigenvalue weighted by atomic mass is 10.0. The van der Waals surface area contributed by atoms with Gasteiger partial charge in [0.05, 0.1) is 17.8 Å². The molecule has 1 unspecified atom stereocenters. The lowest BCUT2D eigenvalue weighted by Gasteiger charge is -2.30. The summed E-state index contributed by atoms with van der Waals surface area (Å²) in [6.45, 7) is 5.44. The second kappa shape index (κ2) is 4.48. The smallest absolute Gasteiger partial charge is 0.315 e. The number of rotatable bonds is 2. The summed E-state index contributed by atoms with van der Waals surface area (Å²) >= 11 is 0. The first-order valence-corrected chi connectivity index (χ1v) is 6.66. The summed E-state index contributed by atoms with van der Waals surface area (Å²) in [5, 5.41) is 10.0. The Morgan fingerprint density at radius 2 is 2.35 bits per heavy atom. The molecule has 0 saturated carbocycles. The third-order valence-corrected chi connectivity index (χ3v) is 3.89. The maximum absolute atomic E-state index is 11.5. The summed E-state index contributed by atoms with van der Waals surface area (Å²) < 4.78 is 1.78. The number of primary amides is 1. The van der Waals surface area contributed by atoms with Crippen molar-refractivity contribution in [3.8, 4) is 0 Å². The van der Waals surface area contributed by atoms with Gasteiger partial charge in [-0.1, -0.05) is 6.92 Å². The van der Waals surface area contributed by atoms with Crippen LogP contribution in [0.5, 0.6) is 0 Å². The van der Waals surface area contributed by atoms with Gasteiger partial charge in [0, 0.05) is 19.6 Å². The molecule has 3 heterocycles. The second-order valence-electron chi connectivity index (χ2n) is 5.43. The van der Waals surface area contributed by atoms with E-state index in [0.29, 0.717) is 19.6 Å². The molecule has 20 heavy (non-hydrogen) atoms. The van der Waals surface area contributed by atoms with Crippen LogP contribution in [0.1, 0.15) is 23.1 Å². The van der Waals surface area contributed by atoms with Crippen molar-refractivity contribution in [3.05, 3.63) is 17.5 Å². The van der Waals surface area contributed by atoms with Gasteiger partial charge >= 0.3 is 6.03 Å². The van der Waals surface area contributed by atoms with Crippen LogP contribution >= 0.6 is 0 Å². The number of nitrogens with two attached hydrogens (primary N) is 1. The van der Waals surface area contributed by atoms with E-state index in [9.17, 15) is 9.59 Å². The van der Waals surface area contributed by atoms with Gasteiger partial charge in [-0.15, -0.1) is 0 Å². The molecular weight excluding hydrogens is 260 g/mol. The number of hydrogen-bond donors (Lipinski definition) is 3. The zero-order valence-electron chi connectivity index (χ0n) is 11.3. The Bertz CT molecular complexity index is 568. The topological polar surface area (TPSA) is 105 Å². The van der Waals surface area contributed by atoms with Gasteiger partial charge in [-0.3, -0.25) is 14.4 Å². The quantitative estimate of drug-likeness (QED) is 0.636. The summed E-state index contributed by atoms with van der Waals surface area (Å²) in [5.74, 6) is -0.531. The first kappa shape index (κ1) is 12.9. The van der Waals surface area contributed by atoms with E-state index in [1.807, 2.05) is 0 Å². The maximum atomic E-state index is 11.5. The van der Waals surface area contributed by atoms with Gasteiger partial charge < -0.3 is 16.4 Å². The molecule has 3 amide bonds. The van der Waals surface area contributed by atoms with Crippen LogP contribution in [0.25, 0.3) is 0 Å². The lowest BCUT2D eigenvalue weighted by molar-refractivity contribution is 0.0994. The third kappa shape index (κ3) is 2.11. The van der Waals surface area contributed by atoms with Crippen LogP contribution in [-0.2, 0) is 13.1 Å². The molecule has 108 valence electrons. The number of aromatic nitrogens is 2. The Kier molecular flexibility index (Phi) is 2.89. The molecule has 1 spiro atoms. The van der Waals surface area contributed by atoms with Crippen molar-refractivity contribution in [2.24, 2.45) is 5.73 Å². The molecule has 2 aliphatic heterocycles. The van der Waals surface area contributed by atoms with E-state index in [1.165, 1.54) is 0 Å². The van der Waals surface area contributed by atoms with Crippen molar-refractivity contribution in [2.75, 3.05) is 19.6 Å². The minimum Gasteiger partial charge on any atom is -0.364 e. The van der Waals surface area contributed by atoms with Gasteiger partial charge in [0.1, 0.15) is 5.69 Å². The van der Waals surface area contributed by atoms with E-state index >= 15 is 0 Å². The molecule has 1 atom stereocenters. The van der Waals surface area contributed by atoms with Crippen molar-refractivity contribution in [1.29, 1.82) is 0 Å². The normalized spacial score (nSPS) is 25.9. The van der Waals surface area contributed by atoms with Crippen molar-refractivity contribution < 1.29 is 9.59 Å². The maximum Gasteiger partial charge on any atom is 0.315 e. The fourth-order valence-electron chi connectivity index (χ4n) is 2.88. The zero-order chi connectivity index (χ0) is 14.3. The van der Waals surface area contributed by atoms with E-state index in [-0.39, 0.29) is 17.3 Å². The number of nitrogens with one attached hydrogen (secondary N) is 2. The van der Waals surface area contributed by atoms with Crippen LogP contribution in [0.15, 0.2) is 6.07 Å². The molecular formula is C12H18N6O2. The van der Waals surface area contributed by atoms with Gasteiger partial charge in [0.2, 0.25) is 0 Å². The highest BCUT2D eigenvalue weighted by atomic mass is 16.2. The average molecular weight is 278 g/mol. The Morgan fingerprint density at radius 3 is 2.95 bits per heavy atom. The number of carbonyl (C=O) groups excluding carboxylic acids is 2. The van der Waals surface area contributed by atoms with Crippen molar-refractivity contribution >= 4 is 11.9 Å². The van der Waals surface area contributed by atoms with E-state index in [4.69, 9.17) is 5.73 Å². The highest BCUT2D eigenvalue weighted by Crippen LogP contribution is 2.22. The van der Waals surface area contributed by atoms with E-state index in [2.05, 4.69) is 27.6 Å². The van der Waals surface area contributed by atoms with Gasteiger partial charge in [0.25, 0.3) is 5.91 Å². The van der Waals surface area contributed by atoms with Crippen LogP contribution in [0, 0.1) is 0 Å². The number of carbonyl (C=O) groups is 2. The molecule has 1 aromatic rings. The molecule has 0 bridgehead atoms. The van der Waals surface area contributed by atoms with Gasteiger partial charge in [-0.2, -0.15) is 5.10 Å². The van der Waals surface area contributed by atoms with Crippen molar-refractivity contribution in [2.45, 2.75) is 25.6 Å². The van der Waals surface area contributed by atoms with Crippen LogP contribution in [0.2, 0.25) is 0 Å². The lowest BCUT2D eigenvalue weighted by Crippen LogP contribution is -2.53. The highest BCUT2D eigenvalue weighted by Gasteiger charge is 2.42. The predicted molar refractivity (Wildman–Crippen MR) is 71.0 cm³/mol. The molecule has 8 nitrogen and oxygen atoms in total. The summed E-state index contributed by atoms with van der Waals surface area (Å²) in [7, 11) is 0. The van der Waals surface area contributed by atoms with Crippen LogP contribution in [-0.4, -0.2) is 51.8 Å². The minimum atomic E-state index is -0.531. The predicted octanol–water partition coefficient (Wildman–Crippen LogP) is -1.13. The SMILES string of the molecule is CCN1Cc2cc(C(N)=O)nn2CC2(CNC(=O)N2)C1. The van der Waals surface area contributed by atoms with Crippen molar-refractivity contribution in [3.63, 3.8) is 0 Å². The fraction of sp³-hybridized carbons (Fsp3) is 0.583. The molecule has 2 aliphatic rings. The van der Waals surface area contributed by atoms with E-state index < -0.39 is 5.91 Å². The van der Waals surface area contributed by atoms with Gasteiger partial charge in [-0.05, 0) is 12.6 Å². The largest absolute Gasteiger partial charge is 0.364 e. The molecule has 1 fully saturated rings. The fourth-order valence-corrected chi connectivity index (χ4v) is 2.88. The molecule has 0 aromatic carbocycles. The number of nitrogens with zero attached hydrogens (tertiary/aromatic N) is 3. The van der Waals surface area contributed by atoms with Crippen LogP contribution in [0.3, 0.4) is 0 Å². The van der Waals surface area contributed by atoms with Crippen molar-refractivity contribution in [1.82, 2.24) is 25.3 Å². The number of amides is 3. The van der Waals surface area contributed by atoms with Gasteiger partial charge in [0.15, 0.2) is 0 Å². The Hall–Kier alpha value is -2.09. The molecule has 1 aromatic heterocycles. The molecule has 3 rings (SSSR count). The number of likely N-dealkylation sites (N-methyl/N-ethyl adjacent to an activating group) is 1. The van der Waals surface area contributed by atoms with E-state index in [0.717, 1.165) is 18.8 Å². The Balaban J connectivity index is 1.97. The van der Waals surface area contributed by atoms with Gasteiger partial charge in [-0.25, -0.2) is 4.79 Å². The minimum absolute atomic E-state index is 0.160. The monoisotopic (exact) mass is 278 g/mol. The van der Waals surface area contributed by atoms with E-state index in [1.54, 1.807) is 10.7 Å². The molecule has 0 aliphatic carbocycles. The van der Waals surface area contributed by atoms with Crippen LogP contribution in [0.4, 0.5) is 4.79 Å². The summed E-state index contributed by atoms with van der Waals surface area (Å²) in [5.41, 5.74) is 6.11. The molecule has 4 N–H and O–H groups in total.